The van der Waals surface area contributed by atoms with Gasteiger partial charge in [-0.2, -0.15) is 0 Å². The SMILES string of the molecule is CNC1CCOc2c(N)cccc21. The molecule has 0 saturated heterocycles. The fourth-order valence-electron chi connectivity index (χ4n) is 1.75. The predicted octanol–water partition coefficient (Wildman–Crippen LogP) is 1.31. The van der Waals surface area contributed by atoms with Crippen molar-refractivity contribution in [3.63, 3.8) is 0 Å². The lowest BCUT2D eigenvalue weighted by Gasteiger charge is -2.26. The molecule has 0 spiro atoms. The van der Waals surface area contributed by atoms with Gasteiger partial charge in [-0.1, -0.05) is 12.1 Å². The fourth-order valence-corrected chi connectivity index (χ4v) is 1.75. The van der Waals surface area contributed by atoms with Gasteiger partial charge in [0.05, 0.1) is 12.3 Å². The zero-order valence-corrected chi connectivity index (χ0v) is 7.71. The third-order valence-electron chi connectivity index (χ3n) is 2.45. The Hall–Kier alpha value is -1.22. The molecule has 1 unspecified atom stereocenters. The van der Waals surface area contributed by atoms with Gasteiger partial charge in [0.2, 0.25) is 0 Å². The molecule has 0 aromatic heterocycles. The van der Waals surface area contributed by atoms with Crippen molar-refractivity contribution in [2.45, 2.75) is 12.5 Å². The molecule has 0 aliphatic carbocycles. The van der Waals surface area contributed by atoms with Crippen LogP contribution in [0.2, 0.25) is 0 Å². The van der Waals surface area contributed by atoms with Crippen molar-refractivity contribution in [3.8, 4) is 5.75 Å². The molecule has 2 rings (SSSR count). The van der Waals surface area contributed by atoms with Crippen LogP contribution in [0.5, 0.6) is 5.75 Å². The normalized spacial score (nSPS) is 20.5. The van der Waals surface area contributed by atoms with Crippen LogP contribution in [0.25, 0.3) is 0 Å². The highest BCUT2D eigenvalue weighted by molar-refractivity contribution is 5.58. The van der Waals surface area contributed by atoms with Crippen LogP contribution in [0.15, 0.2) is 18.2 Å². The van der Waals surface area contributed by atoms with Crippen molar-refractivity contribution in [1.29, 1.82) is 0 Å². The average Bonchev–Trinajstić information content (AvgIpc) is 2.18. The zero-order chi connectivity index (χ0) is 9.26. The Morgan fingerprint density at radius 1 is 1.54 bits per heavy atom. The number of hydrogen-bond acceptors (Lipinski definition) is 3. The number of hydrogen-bond donors (Lipinski definition) is 2. The van der Waals surface area contributed by atoms with E-state index in [4.69, 9.17) is 10.5 Å². The van der Waals surface area contributed by atoms with E-state index in [0.29, 0.717) is 6.04 Å². The van der Waals surface area contributed by atoms with Gasteiger partial charge in [0.1, 0.15) is 5.75 Å². The Morgan fingerprint density at radius 2 is 2.38 bits per heavy atom. The summed E-state index contributed by atoms with van der Waals surface area (Å²) in [6.07, 6.45) is 1.01. The quantitative estimate of drug-likeness (QED) is 0.637. The lowest BCUT2D eigenvalue weighted by molar-refractivity contribution is 0.259. The fraction of sp³-hybridized carbons (Fsp3) is 0.400. The third kappa shape index (κ3) is 1.35. The van der Waals surface area contributed by atoms with Crippen molar-refractivity contribution >= 4 is 5.69 Å². The molecule has 13 heavy (non-hydrogen) atoms. The van der Waals surface area contributed by atoms with Crippen LogP contribution in [0.3, 0.4) is 0 Å². The summed E-state index contributed by atoms with van der Waals surface area (Å²) in [6.45, 7) is 0.743. The molecular formula is C10H14N2O. The lowest BCUT2D eigenvalue weighted by atomic mass is 10.00. The number of nitrogen functional groups attached to an aromatic ring is 1. The number of ether oxygens (including phenoxy) is 1. The summed E-state index contributed by atoms with van der Waals surface area (Å²) in [7, 11) is 1.96. The molecule has 1 heterocycles. The number of fused-ring (bicyclic) bond motifs is 1. The second-order valence-electron chi connectivity index (χ2n) is 3.24. The van der Waals surface area contributed by atoms with Gasteiger partial charge in [-0.05, 0) is 13.1 Å². The van der Waals surface area contributed by atoms with Gasteiger partial charge in [-0.3, -0.25) is 0 Å². The minimum Gasteiger partial charge on any atom is -0.491 e. The first kappa shape index (κ1) is 8.38. The van der Waals surface area contributed by atoms with Gasteiger partial charge in [-0.15, -0.1) is 0 Å². The maximum absolute atomic E-state index is 5.81. The molecule has 70 valence electrons. The first-order valence-corrected chi connectivity index (χ1v) is 4.51. The highest BCUT2D eigenvalue weighted by Gasteiger charge is 2.20. The summed E-state index contributed by atoms with van der Waals surface area (Å²) >= 11 is 0. The summed E-state index contributed by atoms with van der Waals surface area (Å²) in [4.78, 5) is 0. The Balaban J connectivity index is 2.45. The maximum Gasteiger partial charge on any atom is 0.146 e. The highest BCUT2D eigenvalue weighted by atomic mass is 16.5. The molecular weight excluding hydrogens is 164 g/mol. The van der Waals surface area contributed by atoms with E-state index >= 15 is 0 Å². The van der Waals surface area contributed by atoms with Crippen molar-refractivity contribution in [3.05, 3.63) is 23.8 Å². The molecule has 1 aliphatic rings. The van der Waals surface area contributed by atoms with Crippen LogP contribution >= 0.6 is 0 Å². The molecule has 3 nitrogen and oxygen atoms in total. The molecule has 0 fully saturated rings. The highest BCUT2D eigenvalue weighted by Crippen LogP contribution is 2.35. The summed E-state index contributed by atoms with van der Waals surface area (Å²) in [5, 5.41) is 3.25. The van der Waals surface area contributed by atoms with E-state index in [1.54, 1.807) is 0 Å². The molecule has 0 radical (unpaired) electrons. The summed E-state index contributed by atoms with van der Waals surface area (Å²) in [5.41, 5.74) is 7.71. The van der Waals surface area contributed by atoms with E-state index in [9.17, 15) is 0 Å². The number of nitrogens with one attached hydrogen (secondary N) is 1. The van der Waals surface area contributed by atoms with Crippen molar-refractivity contribution in [1.82, 2.24) is 5.32 Å². The Bertz CT molecular complexity index is 312. The Kier molecular flexibility index (Phi) is 2.10. The molecule has 0 bridgehead atoms. The zero-order valence-electron chi connectivity index (χ0n) is 7.71. The standard InChI is InChI=1S/C10H14N2O/c1-12-9-5-6-13-10-7(9)3-2-4-8(10)11/h2-4,9,12H,5-6,11H2,1H3. The topological polar surface area (TPSA) is 47.3 Å². The van der Waals surface area contributed by atoms with Crippen LogP contribution in [0.4, 0.5) is 5.69 Å². The van der Waals surface area contributed by atoms with Gasteiger partial charge in [0.25, 0.3) is 0 Å². The minimum atomic E-state index is 0.382. The van der Waals surface area contributed by atoms with Crippen molar-refractivity contribution < 1.29 is 4.74 Å². The number of para-hydroxylation sites is 1. The molecule has 3 heteroatoms. The van der Waals surface area contributed by atoms with E-state index in [0.717, 1.165) is 24.5 Å². The largest absolute Gasteiger partial charge is 0.491 e. The Morgan fingerprint density at radius 3 is 3.15 bits per heavy atom. The third-order valence-corrected chi connectivity index (χ3v) is 2.45. The molecule has 1 aromatic rings. The van der Waals surface area contributed by atoms with E-state index in [1.807, 2.05) is 19.2 Å². The number of nitrogens with two attached hydrogens (primary N) is 1. The monoisotopic (exact) mass is 178 g/mol. The van der Waals surface area contributed by atoms with Gasteiger partial charge in [-0.25, -0.2) is 0 Å². The van der Waals surface area contributed by atoms with E-state index in [2.05, 4.69) is 11.4 Å². The first-order chi connectivity index (χ1) is 6.33. The molecule has 1 aromatic carbocycles. The average molecular weight is 178 g/mol. The summed E-state index contributed by atoms with van der Waals surface area (Å²) in [5.74, 6) is 0.855. The molecule has 3 N–H and O–H groups in total. The van der Waals surface area contributed by atoms with Gasteiger partial charge in [0, 0.05) is 18.0 Å². The van der Waals surface area contributed by atoms with E-state index in [1.165, 1.54) is 5.56 Å². The molecule has 1 atom stereocenters. The smallest absolute Gasteiger partial charge is 0.146 e. The van der Waals surface area contributed by atoms with Gasteiger partial charge in [0.15, 0.2) is 0 Å². The minimum absolute atomic E-state index is 0.382. The first-order valence-electron chi connectivity index (χ1n) is 4.51. The predicted molar refractivity (Wildman–Crippen MR) is 52.8 cm³/mol. The Labute approximate surface area is 77.9 Å². The van der Waals surface area contributed by atoms with Crippen molar-refractivity contribution in [2.24, 2.45) is 0 Å². The second kappa shape index (κ2) is 3.26. The second-order valence-corrected chi connectivity index (χ2v) is 3.24. The number of benzene rings is 1. The van der Waals surface area contributed by atoms with Crippen LogP contribution < -0.4 is 15.8 Å². The molecule has 1 aliphatic heterocycles. The van der Waals surface area contributed by atoms with Crippen LogP contribution in [0, 0.1) is 0 Å². The molecule has 0 saturated carbocycles. The van der Waals surface area contributed by atoms with Crippen molar-refractivity contribution in [2.75, 3.05) is 19.4 Å². The van der Waals surface area contributed by atoms with Crippen LogP contribution in [0.1, 0.15) is 18.0 Å². The van der Waals surface area contributed by atoms with Crippen LogP contribution in [-0.2, 0) is 0 Å². The van der Waals surface area contributed by atoms with E-state index < -0.39 is 0 Å². The van der Waals surface area contributed by atoms with E-state index in [-0.39, 0.29) is 0 Å². The van der Waals surface area contributed by atoms with Gasteiger partial charge >= 0.3 is 0 Å². The maximum atomic E-state index is 5.81. The number of rotatable bonds is 1. The van der Waals surface area contributed by atoms with Gasteiger partial charge < -0.3 is 15.8 Å². The lowest BCUT2D eigenvalue weighted by Crippen LogP contribution is -2.24. The summed E-state index contributed by atoms with van der Waals surface area (Å²) in [6, 6.07) is 6.28. The van der Waals surface area contributed by atoms with Crippen LogP contribution in [-0.4, -0.2) is 13.7 Å². The summed E-state index contributed by atoms with van der Waals surface area (Å²) < 4.78 is 5.52. The number of anilines is 1. The molecule has 0 amide bonds.